The number of nitrogens with zero attached hydrogens (tertiary/aromatic N) is 4. The second-order valence-electron chi connectivity index (χ2n) is 9.60. The van der Waals surface area contributed by atoms with Crippen LogP contribution < -0.4 is 16.3 Å². The maximum atomic E-state index is 14.4. The normalized spacial score (nSPS) is 15.4. The third-order valence-corrected chi connectivity index (χ3v) is 8.18. The van der Waals surface area contributed by atoms with E-state index in [2.05, 4.69) is 12.2 Å². The molecule has 7 nitrogen and oxygen atoms in total. The first-order valence-corrected chi connectivity index (χ1v) is 14.2. The minimum atomic E-state index is -2.39. The number of aryl methyl sites for hydroxylation is 2. The van der Waals surface area contributed by atoms with Gasteiger partial charge in [0.1, 0.15) is 18.8 Å². The zero-order chi connectivity index (χ0) is 25.1. The van der Waals surface area contributed by atoms with Crippen LogP contribution in [0.3, 0.4) is 0 Å². The van der Waals surface area contributed by atoms with Crippen LogP contribution in [0.1, 0.15) is 35.3 Å². The largest absolute Gasteiger partial charge is 0.338 e. The first kappa shape index (κ1) is 26.1. The monoisotopic (exact) mass is 529 g/mol. The minimum absolute atomic E-state index is 0. The highest BCUT2D eigenvalue weighted by atomic mass is 35.5. The fourth-order valence-corrected chi connectivity index (χ4v) is 5.63. The Morgan fingerprint density at radius 2 is 1.64 bits per heavy atom. The van der Waals surface area contributed by atoms with Gasteiger partial charge in [-0.25, -0.2) is 13.9 Å². The summed E-state index contributed by atoms with van der Waals surface area (Å²) in [5.74, 6) is 0.412. The summed E-state index contributed by atoms with van der Waals surface area (Å²) in [7, 11) is -2.39. The van der Waals surface area contributed by atoms with Gasteiger partial charge in [-0.15, -0.1) is 12.4 Å². The molecule has 2 aromatic carbocycles. The molecular formula is C26H30ClFN5O2P. The van der Waals surface area contributed by atoms with Crippen molar-refractivity contribution in [1.29, 1.82) is 0 Å². The maximum Gasteiger partial charge on any atom is 0.338 e. The van der Waals surface area contributed by atoms with Gasteiger partial charge in [-0.1, -0.05) is 0 Å². The Morgan fingerprint density at radius 1 is 1.03 bits per heavy atom. The molecule has 0 amide bonds. The van der Waals surface area contributed by atoms with Crippen molar-refractivity contribution in [1.82, 2.24) is 24.2 Å². The topological polar surface area (TPSA) is 73.8 Å². The van der Waals surface area contributed by atoms with Gasteiger partial charge in [0, 0.05) is 42.3 Å². The summed E-state index contributed by atoms with van der Waals surface area (Å²) in [5, 5.41) is 9.10. The van der Waals surface area contributed by atoms with Gasteiger partial charge >= 0.3 is 5.69 Å². The van der Waals surface area contributed by atoms with E-state index in [1.807, 2.05) is 24.3 Å². The van der Waals surface area contributed by atoms with Crippen molar-refractivity contribution in [3.8, 4) is 17.2 Å². The lowest BCUT2D eigenvalue weighted by Crippen LogP contribution is -2.30. The molecule has 1 aliphatic rings. The quantitative estimate of drug-likeness (QED) is 0.397. The van der Waals surface area contributed by atoms with E-state index >= 15 is 0 Å². The summed E-state index contributed by atoms with van der Waals surface area (Å²) in [6, 6.07) is 10.8. The number of benzene rings is 2. The van der Waals surface area contributed by atoms with Crippen LogP contribution in [0.2, 0.25) is 0 Å². The fourth-order valence-electron chi connectivity index (χ4n) is 4.77. The third kappa shape index (κ3) is 4.38. The molecule has 2 aromatic heterocycles. The molecule has 0 saturated heterocycles. The molecule has 10 heteroatoms. The first-order valence-electron chi connectivity index (χ1n) is 11.6. The lowest BCUT2D eigenvalue weighted by molar-refractivity contribution is 0.536. The SMILES string of the molecule is Cc1cc(-n2nc3c(c2-n2ccn(-c4ccc(P(C)(C)=O)cc4)c2=O)[C@H](C)NCC3)cc(C)c1F.Cl. The molecule has 0 fully saturated rings. The van der Waals surface area contributed by atoms with E-state index in [4.69, 9.17) is 5.10 Å². The molecule has 0 bridgehead atoms. The molecule has 190 valence electrons. The summed E-state index contributed by atoms with van der Waals surface area (Å²) in [6.07, 6.45) is 4.20. The Labute approximate surface area is 215 Å². The Hall–Kier alpha value is -2.93. The van der Waals surface area contributed by atoms with Crippen LogP contribution >= 0.6 is 19.5 Å². The van der Waals surface area contributed by atoms with Crippen molar-refractivity contribution in [2.75, 3.05) is 19.9 Å². The number of imidazole rings is 1. The highest BCUT2D eigenvalue weighted by Gasteiger charge is 2.29. The Kier molecular flexibility index (Phi) is 6.90. The van der Waals surface area contributed by atoms with E-state index in [-0.39, 0.29) is 30.0 Å². The molecule has 36 heavy (non-hydrogen) atoms. The van der Waals surface area contributed by atoms with Crippen molar-refractivity contribution in [3.05, 3.63) is 87.5 Å². The summed E-state index contributed by atoms with van der Waals surface area (Å²) in [4.78, 5) is 13.7. The van der Waals surface area contributed by atoms with E-state index in [9.17, 15) is 13.8 Å². The first-order chi connectivity index (χ1) is 16.6. The van der Waals surface area contributed by atoms with E-state index < -0.39 is 7.14 Å². The second kappa shape index (κ2) is 9.51. The van der Waals surface area contributed by atoms with Crippen LogP contribution in [0.5, 0.6) is 0 Å². The van der Waals surface area contributed by atoms with Crippen molar-refractivity contribution in [2.45, 2.75) is 33.2 Å². The number of halogens is 2. The van der Waals surface area contributed by atoms with Crippen LogP contribution in [0.25, 0.3) is 17.2 Å². The van der Waals surface area contributed by atoms with Crippen LogP contribution in [-0.4, -0.2) is 38.8 Å². The van der Waals surface area contributed by atoms with E-state index in [1.54, 1.807) is 65.5 Å². The van der Waals surface area contributed by atoms with Crippen molar-refractivity contribution < 1.29 is 8.96 Å². The number of rotatable bonds is 4. The number of nitrogens with one attached hydrogen (secondary N) is 1. The highest BCUT2D eigenvalue weighted by molar-refractivity contribution is 7.70. The van der Waals surface area contributed by atoms with Crippen molar-refractivity contribution >= 4 is 24.9 Å². The second-order valence-corrected chi connectivity index (χ2v) is 12.8. The van der Waals surface area contributed by atoms with Gasteiger partial charge in [-0.3, -0.25) is 9.13 Å². The molecule has 5 rings (SSSR count). The molecule has 1 atom stereocenters. The van der Waals surface area contributed by atoms with Gasteiger partial charge in [0.25, 0.3) is 0 Å². The average molecular weight is 530 g/mol. The van der Waals surface area contributed by atoms with Gasteiger partial charge in [-0.2, -0.15) is 5.10 Å². The van der Waals surface area contributed by atoms with Gasteiger partial charge in [-0.05, 0) is 81.6 Å². The molecular weight excluding hydrogens is 500 g/mol. The zero-order valence-electron chi connectivity index (χ0n) is 20.9. The Morgan fingerprint density at radius 3 is 2.25 bits per heavy atom. The van der Waals surface area contributed by atoms with Crippen LogP contribution in [0, 0.1) is 19.7 Å². The van der Waals surface area contributed by atoms with E-state index in [0.29, 0.717) is 28.3 Å². The smallest absolute Gasteiger partial charge is 0.319 e. The fraction of sp³-hybridized carbons (Fsp3) is 0.308. The lowest BCUT2D eigenvalue weighted by Gasteiger charge is -2.21. The molecule has 3 heterocycles. The molecule has 1 N–H and O–H groups in total. The molecule has 0 unspecified atom stereocenters. The molecule has 0 radical (unpaired) electrons. The molecule has 0 spiro atoms. The number of aromatic nitrogens is 4. The predicted molar refractivity (Wildman–Crippen MR) is 144 cm³/mol. The minimum Gasteiger partial charge on any atom is -0.319 e. The summed E-state index contributed by atoms with van der Waals surface area (Å²) < 4.78 is 31.7. The highest BCUT2D eigenvalue weighted by Crippen LogP contribution is 2.34. The van der Waals surface area contributed by atoms with Crippen LogP contribution in [0.4, 0.5) is 4.39 Å². The number of fused-ring (bicyclic) bond motifs is 1. The number of hydrogen-bond donors (Lipinski definition) is 1. The summed E-state index contributed by atoms with van der Waals surface area (Å²) in [5.41, 5.74) is 4.10. The predicted octanol–water partition coefficient (Wildman–Crippen LogP) is 4.45. The number of hydrogen-bond acceptors (Lipinski definition) is 4. The standard InChI is InChI=1S/C26H29FN5O2P.ClH/c1-16-14-20(15-17(2)24(16)27)32-25(23-18(3)28-11-10-22(23)29-32)31-13-12-30(26(31)33)19-6-8-21(9-7-19)35(4,5)34;/h6-9,12-15,18,28H,10-11H2,1-5H3;1H/t18-;/m0./s1. The molecule has 0 aliphatic carbocycles. The van der Waals surface area contributed by atoms with Gasteiger partial charge in [0.05, 0.1) is 17.1 Å². The Bertz CT molecular complexity index is 1520. The molecule has 1 aliphatic heterocycles. The van der Waals surface area contributed by atoms with E-state index in [1.165, 1.54) is 0 Å². The van der Waals surface area contributed by atoms with Crippen molar-refractivity contribution in [3.63, 3.8) is 0 Å². The van der Waals surface area contributed by atoms with Gasteiger partial charge in [0.15, 0.2) is 0 Å². The molecule has 0 saturated carbocycles. The molecule has 4 aromatic rings. The summed E-state index contributed by atoms with van der Waals surface area (Å²) in [6.45, 7) is 9.77. The van der Waals surface area contributed by atoms with E-state index in [0.717, 1.165) is 29.5 Å². The van der Waals surface area contributed by atoms with Gasteiger partial charge in [0.2, 0.25) is 0 Å². The lowest BCUT2D eigenvalue weighted by atomic mass is 10.0. The Balaban J connectivity index is 0.00000304. The third-order valence-electron chi connectivity index (χ3n) is 6.64. The van der Waals surface area contributed by atoms with Crippen molar-refractivity contribution in [2.24, 2.45) is 0 Å². The zero-order valence-corrected chi connectivity index (χ0v) is 22.7. The van der Waals surface area contributed by atoms with Crippen LogP contribution in [0.15, 0.2) is 53.6 Å². The summed E-state index contributed by atoms with van der Waals surface area (Å²) >= 11 is 0. The van der Waals surface area contributed by atoms with Crippen LogP contribution in [-0.2, 0) is 11.0 Å². The van der Waals surface area contributed by atoms with Gasteiger partial charge < -0.3 is 9.88 Å². The maximum absolute atomic E-state index is 14.4. The average Bonchev–Trinajstić information content (AvgIpc) is 3.37.